The summed E-state index contributed by atoms with van der Waals surface area (Å²) < 4.78 is 0. The van der Waals surface area contributed by atoms with Crippen molar-refractivity contribution in [3.8, 4) is 0 Å². The molecule has 0 fully saturated rings. The Kier molecular flexibility index (Phi) is 7.58. The normalized spacial score (nSPS) is 11.0. The van der Waals surface area contributed by atoms with E-state index in [4.69, 9.17) is 5.73 Å². The Morgan fingerprint density at radius 2 is 2.19 bits per heavy atom. The highest BCUT2D eigenvalue weighted by Gasteiger charge is 2.03. The summed E-state index contributed by atoms with van der Waals surface area (Å²) in [5.41, 5.74) is 7.93. The van der Waals surface area contributed by atoms with Gasteiger partial charge in [0, 0.05) is 29.7 Å². The average Bonchev–Trinajstić information content (AvgIpc) is 2.76. The molecule has 0 radical (unpaired) electrons. The van der Waals surface area contributed by atoms with Crippen molar-refractivity contribution in [2.45, 2.75) is 26.8 Å². The molecule has 0 aliphatic heterocycles. The van der Waals surface area contributed by atoms with E-state index in [1.807, 2.05) is 32.0 Å². The lowest BCUT2D eigenvalue weighted by Crippen LogP contribution is -2.33. The van der Waals surface area contributed by atoms with Gasteiger partial charge in [0.05, 0.1) is 17.2 Å². The maximum absolute atomic E-state index is 5.85. The molecule has 5 nitrogen and oxygen atoms in total. The molecule has 0 saturated carbocycles. The summed E-state index contributed by atoms with van der Waals surface area (Å²) in [6.45, 7) is 5.31. The summed E-state index contributed by atoms with van der Waals surface area (Å²) in [4.78, 5) is 14.1. The molecule has 21 heavy (non-hydrogen) atoms. The van der Waals surface area contributed by atoms with Crippen molar-refractivity contribution in [1.82, 2.24) is 15.3 Å². The van der Waals surface area contributed by atoms with E-state index in [0.29, 0.717) is 12.5 Å². The summed E-state index contributed by atoms with van der Waals surface area (Å²) in [5.74, 6) is 0.464. The van der Waals surface area contributed by atoms with Crippen LogP contribution in [0.4, 0.5) is 0 Å². The second kappa shape index (κ2) is 8.93. The first-order chi connectivity index (χ1) is 9.65. The van der Waals surface area contributed by atoms with Gasteiger partial charge in [0.15, 0.2) is 5.96 Å². The molecule has 0 aliphatic carbocycles. The minimum Gasteiger partial charge on any atom is -0.370 e. The molecule has 2 heterocycles. The summed E-state index contributed by atoms with van der Waals surface area (Å²) in [7, 11) is 0. The topological polar surface area (TPSA) is 76.2 Å². The summed E-state index contributed by atoms with van der Waals surface area (Å²) in [6, 6.07) is 5.89. The van der Waals surface area contributed by atoms with E-state index < -0.39 is 0 Å². The molecule has 0 aromatic carbocycles. The third-order valence-corrected chi connectivity index (χ3v) is 3.86. The number of halogens is 1. The molecule has 0 amide bonds. The molecule has 0 saturated heterocycles. The molecular formula is C14H20IN5S. The van der Waals surface area contributed by atoms with E-state index in [1.54, 1.807) is 17.5 Å². The zero-order chi connectivity index (χ0) is 14.4. The second-order valence-corrected chi connectivity index (χ2v) is 5.73. The van der Waals surface area contributed by atoms with Crippen molar-refractivity contribution in [2.24, 2.45) is 10.7 Å². The highest BCUT2D eigenvalue weighted by atomic mass is 127. The van der Waals surface area contributed by atoms with Crippen LogP contribution in [-0.4, -0.2) is 22.5 Å². The van der Waals surface area contributed by atoms with Gasteiger partial charge in [0.2, 0.25) is 0 Å². The molecule has 2 rings (SSSR count). The minimum atomic E-state index is 0. The van der Waals surface area contributed by atoms with Crippen LogP contribution in [0, 0.1) is 13.8 Å². The highest BCUT2D eigenvalue weighted by molar-refractivity contribution is 14.0. The number of hydrogen-bond donors (Lipinski definition) is 2. The predicted octanol–water partition coefficient (Wildman–Crippen LogP) is 2.42. The van der Waals surface area contributed by atoms with E-state index in [0.717, 1.165) is 34.2 Å². The van der Waals surface area contributed by atoms with Gasteiger partial charge in [-0.3, -0.25) is 4.98 Å². The third kappa shape index (κ3) is 5.96. The zero-order valence-corrected chi connectivity index (χ0v) is 15.3. The number of hydrogen-bond acceptors (Lipinski definition) is 4. The lowest BCUT2D eigenvalue weighted by Gasteiger charge is -2.05. The van der Waals surface area contributed by atoms with Gasteiger partial charge in [-0.05, 0) is 26.0 Å². The monoisotopic (exact) mass is 417 g/mol. The maximum atomic E-state index is 5.85. The zero-order valence-electron chi connectivity index (χ0n) is 12.2. The number of pyridine rings is 1. The molecule has 3 N–H and O–H groups in total. The Balaban J connectivity index is 0.00000220. The van der Waals surface area contributed by atoms with Crippen molar-refractivity contribution in [3.05, 3.63) is 45.7 Å². The van der Waals surface area contributed by atoms with Crippen LogP contribution >= 0.6 is 35.3 Å². The van der Waals surface area contributed by atoms with Crippen LogP contribution in [-0.2, 0) is 13.0 Å². The van der Waals surface area contributed by atoms with Gasteiger partial charge in [-0.25, -0.2) is 9.98 Å². The number of aryl methyl sites for hydroxylation is 2. The Hall–Kier alpha value is -1.22. The summed E-state index contributed by atoms with van der Waals surface area (Å²) in [6.07, 6.45) is 2.62. The predicted molar refractivity (Wildman–Crippen MR) is 98.3 cm³/mol. The second-order valence-electron chi connectivity index (χ2n) is 4.44. The number of nitrogens with one attached hydrogen (secondary N) is 1. The van der Waals surface area contributed by atoms with Crippen molar-refractivity contribution in [3.63, 3.8) is 0 Å². The first kappa shape index (κ1) is 17.8. The Bertz CT molecular complexity index is 582. The van der Waals surface area contributed by atoms with E-state index in [-0.39, 0.29) is 24.0 Å². The van der Waals surface area contributed by atoms with Gasteiger partial charge in [0.25, 0.3) is 0 Å². The maximum Gasteiger partial charge on any atom is 0.188 e. The van der Waals surface area contributed by atoms with Gasteiger partial charge in [-0.15, -0.1) is 35.3 Å². The fourth-order valence-corrected chi connectivity index (χ4v) is 2.66. The largest absolute Gasteiger partial charge is 0.370 e. The molecule has 2 aromatic heterocycles. The quantitative estimate of drug-likeness (QED) is 0.445. The highest BCUT2D eigenvalue weighted by Crippen LogP contribution is 2.17. The van der Waals surface area contributed by atoms with E-state index in [9.17, 15) is 0 Å². The van der Waals surface area contributed by atoms with Gasteiger partial charge in [-0.2, -0.15) is 0 Å². The first-order valence-electron chi connectivity index (χ1n) is 6.52. The number of nitrogens with two attached hydrogens (primary N) is 1. The molecule has 7 heteroatoms. The van der Waals surface area contributed by atoms with Crippen molar-refractivity contribution in [2.75, 3.05) is 6.54 Å². The lowest BCUT2D eigenvalue weighted by molar-refractivity contribution is 0.828. The molecule has 114 valence electrons. The third-order valence-electron chi connectivity index (χ3n) is 2.81. The number of nitrogens with zero attached hydrogens (tertiary/aromatic N) is 3. The lowest BCUT2D eigenvalue weighted by atomic mass is 10.3. The first-order valence-corrected chi connectivity index (χ1v) is 7.33. The molecule has 0 bridgehead atoms. The number of aromatic nitrogens is 2. The molecule has 0 aliphatic rings. The van der Waals surface area contributed by atoms with Crippen molar-refractivity contribution in [1.29, 1.82) is 0 Å². The van der Waals surface area contributed by atoms with Crippen LogP contribution in [0.25, 0.3) is 0 Å². The Labute approximate surface area is 146 Å². The Morgan fingerprint density at radius 3 is 2.81 bits per heavy atom. The van der Waals surface area contributed by atoms with Crippen molar-refractivity contribution < 1.29 is 0 Å². The summed E-state index contributed by atoms with van der Waals surface area (Å²) in [5, 5.41) is 4.16. The van der Waals surface area contributed by atoms with Crippen molar-refractivity contribution >= 4 is 41.3 Å². The van der Waals surface area contributed by atoms with Crippen LogP contribution < -0.4 is 11.1 Å². The van der Waals surface area contributed by atoms with Crippen LogP contribution in [0.5, 0.6) is 0 Å². The molecule has 0 spiro atoms. The number of guanidine groups is 1. The molecule has 0 unspecified atom stereocenters. The van der Waals surface area contributed by atoms with E-state index >= 15 is 0 Å². The number of rotatable bonds is 5. The van der Waals surface area contributed by atoms with Crippen LogP contribution in [0.15, 0.2) is 29.4 Å². The summed E-state index contributed by atoms with van der Waals surface area (Å²) >= 11 is 1.67. The van der Waals surface area contributed by atoms with Crippen LogP contribution in [0.1, 0.15) is 21.3 Å². The van der Waals surface area contributed by atoms with Gasteiger partial charge in [0.1, 0.15) is 0 Å². The van der Waals surface area contributed by atoms with Gasteiger partial charge >= 0.3 is 0 Å². The molecule has 2 aromatic rings. The van der Waals surface area contributed by atoms with Gasteiger partial charge < -0.3 is 11.1 Å². The molecular weight excluding hydrogens is 397 g/mol. The SMILES string of the molecule is Cc1nc(C)c(CN=C(N)NCCc2ccccn2)s1.I. The van der Waals surface area contributed by atoms with Crippen LogP contribution in [0.3, 0.4) is 0 Å². The number of aliphatic imine (C=N–C) groups is 1. The fraction of sp³-hybridized carbons (Fsp3) is 0.357. The van der Waals surface area contributed by atoms with E-state index in [1.165, 1.54) is 0 Å². The fourth-order valence-electron chi connectivity index (χ4n) is 1.80. The van der Waals surface area contributed by atoms with Gasteiger partial charge in [-0.1, -0.05) is 6.07 Å². The smallest absolute Gasteiger partial charge is 0.188 e. The average molecular weight is 417 g/mol. The standard InChI is InChI=1S/C14H19N5S.HI/c1-10-13(20-11(2)19-10)9-18-14(15)17-8-6-12-5-3-4-7-16-12;/h3-5,7H,6,8-9H2,1-2H3,(H3,15,17,18);1H. The number of thiazole rings is 1. The van der Waals surface area contributed by atoms with Crippen LogP contribution in [0.2, 0.25) is 0 Å². The van der Waals surface area contributed by atoms with E-state index in [2.05, 4.69) is 20.3 Å². The molecule has 0 atom stereocenters. The Morgan fingerprint density at radius 1 is 1.38 bits per heavy atom. The minimum absolute atomic E-state index is 0.